The van der Waals surface area contributed by atoms with Gasteiger partial charge in [-0.05, 0) is 37.0 Å². The zero-order valence-corrected chi connectivity index (χ0v) is 12.4. The molecule has 1 saturated carbocycles. The zero-order valence-electron chi connectivity index (χ0n) is 10.8. The lowest BCUT2D eigenvalue weighted by atomic mass is 9.85. The molecule has 3 nitrogen and oxygen atoms in total. The first-order valence-electron chi connectivity index (χ1n) is 6.41. The standard InChI is InChI=1S/C14H17Cl2NO2/c1-19-13-10(7-11(15)8-12(13)16)5-6-17-14(18)9-3-2-4-9/h7-9H,2-6H2,1H3,(H,17,18). The van der Waals surface area contributed by atoms with Crippen LogP contribution in [0.1, 0.15) is 24.8 Å². The molecule has 0 saturated heterocycles. The van der Waals surface area contributed by atoms with Crippen LogP contribution in [-0.4, -0.2) is 19.6 Å². The van der Waals surface area contributed by atoms with Crippen LogP contribution in [0.15, 0.2) is 12.1 Å². The number of carbonyl (C=O) groups is 1. The Morgan fingerprint density at radius 3 is 2.74 bits per heavy atom. The van der Waals surface area contributed by atoms with Crippen LogP contribution in [0.5, 0.6) is 5.75 Å². The Bertz CT molecular complexity index is 473. The van der Waals surface area contributed by atoms with Crippen molar-refractivity contribution >= 4 is 29.1 Å². The quantitative estimate of drug-likeness (QED) is 0.904. The summed E-state index contributed by atoms with van der Waals surface area (Å²) in [5.41, 5.74) is 0.911. The number of rotatable bonds is 5. The molecule has 0 heterocycles. The van der Waals surface area contributed by atoms with Gasteiger partial charge in [-0.2, -0.15) is 0 Å². The van der Waals surface area contributed by atoms with Crippen molar-refractivity contribution in [2.45, 2.75) is 25.7 Å². The molecule has 104 valence electrons. The number of halogens is 2. The van der Waals surface area contributed by atoms with E-state index >= 15 is 0 Å². The fourth-order valence-corrected chi connectivity index (χ4v) is 2.78. The summed E-state index contributed by atoms with van der Waals surface area (Å²) in [7, 11) is 1.57. The Kier molecular flexibility index (Phi) is 4.94. The van der Waals surface area contributed by atoms with Crippen molar-refractivity contribution in [3.8, 4) is 5.75 Å². The molecule has 0 unspecified atom stereocenters. The van der Waals surface area contributed by atoms with Crippen LogP contribution in [0.25, 0.3) is 0 Å². The largest absolute Gasteiger partial charge is 0.495 e. The first kappa shape index (κ1) is 14.5. The van der Waals surface area contributed by atoms with Crippen molar-refractivity contribution in [2.75, 3.05) is 13.7 Å². The van der Waals surface area contributed by atoms with Crippen molar-refractivity contribution in [3.63, 3.8) is 0 Å². The highest BCUT2D eigenvalue weighted by Gasteiger charge is 2.24. The van der Waals surface area contributed by atoms with Crippen LogP contribution in [0.4, 0.5) is 0 Å². The minimum atomic E-state index is 0.151. The highest BCUT2D eigenvalue weighted by atomic mass is 35.5. The smallest absolute Gasteiger partial charge is 0.223 e. The number of methoxy groups -OCH3 is 1. The third-order valence-electron chi connectivity index (χ3n) is 3.46. The lowest BCUT2D eigenvalue weighted by Gasteiger charge is -2.24. The lowest BCUT2D eigenvalue weighted by molar-refractivity contribution is -0.127. The second kappa shape index (κ2) is 6.49. The number of benzene rings is 1. The van der Waals surface area contributed by atoms with Gasteiger partial charge in [0.15, 0.2) is 0 Å². The van der Waals surface area contributed by atoms with E-state index in [1.54, 1.807) is 13.2 Å². The number of hydrogen-bond acceptors (Lipinski definition) is 2. The van der Waals surface area contributed by atoms with E-state index in [0.29, 0.717) is 28.8 Å². The second-order valence-electron chi connectivity index (χ2n) is 4.75. The molecule has 19 heavy (non-hydrogen) atoms. The molecule has 2 rings (SSSR count). The molecular formula is C14H17Cl2NO2. The van der Waals surface area contributed by atoms with Gasteiger partial charge in [0, 0.05) is 17.5 Å². The molecule has 1 aliphatic rings. The van der Waals surface area contributed by atoms with E-state index in [9.17, 15) is 4.79 Å². The Balaban J connectivity index is 1.93. The van der Waals surface area contributed by atoms with E-state index in [1.165, 1.54) is 0 Å². The van der Waals surface area contributed by atoms with Crippen molar-refractivity contribution in [3.05, 3.63) is 27.7 Å². The average molecular weight is 302 g/mol. The Hall–Kier alpha value is -0.930. The summed E-state index contributed by atoms with van der Waals surface area (Å²) in [6.45, 7) is 0.572. The Morgan fingerprint density at radius 2 is 2.16 bits per heavy atom. The molecule has 0 bridgehead atoms. The lowest BCUT2D eigenvalue weighted by Crippen LogP contribution is -2.35. The fourth-order valence-electron chi connectivity index (χ4n) is 2.16. The summed E-state index contributed by atoms with van der Waals surface area (Å²) >= 11 is 12.0. The second-order valence-corrected chi connectivity index (χ2v) is 5.59. The van der Waals surface area contributed by atoms with E-state index in [4.69, 9.17) is 27.9 Å². The van der Waals surface area contributed by atoms with Gasteiger partial charge in [0.05, 0.1) is 12.1 Å². The molecule has 1 N–H and O–H groups in total. The van der Waals surface area contributed by atoms with E-state index in [2.05, 4.69) is 5.32 Å². The molecule has 1 fully saturated rings. The molecule has 1 aliphatic carbocycles. The van der Waals surface area contributed by atoms with Gasteiger partial charge in [-0.25, -0.2) is 0 Å². The maximum Gasteiger partial charge on any atom is 0.223 e. The van der Waals surface area contributed by atoms with Gasteiger partial charge >= 0.3 is 0 Å². The summed E-state index contributed by atoms with van der Waals surface area (Å²) in [5, 5.41) is 4.01. The van der Waals surface area contributed by atoms with Gasteiger partial charge in [-0.3, -0.25) is 4.79 Å². The maximum atomic E-state index is 11.7. The van der Waals surface area contributed by atoms with Crippen molar-refractivity contribution in [1.82, 2.24) is 5.32 Å². The van der Waals surface area contributed by atoms with Gasteiger partial charge in [0.25, 0.3) is 0 Å². The SMILES string of the molecule is COc1c(Cl)cc(Cl)cc1CCNC(=O)C1CCC1. The molecule has 5 heteroatoms. The molecule has 1 aromatic rings. The predicted octanol–water partition coefficient (Wildman–Crippen LogP) is 3.46. The number of amides is 1. The number of ether oxygens (including phenoxy) is 1. The summed E-state index contributed by atoms with van der Waals surface area (Å²) in [4.78, 5) is 11.7. The highest BCUT2D eigenvalue weighted by molar-refractivity contribution is 6.35. The first-order valence-corrected chi connectivity index (χ1v) is 7.17. The van der Waals surface area contributed by atoms with Crippen LogP contribution in [0.2, 0.25) is 10.0 Å². The summed E-state index contributed by atoms with van der Waals surface area (Å²) in [6, 6.07) is 3.47. The number of carbonyl (C=O) groups excluding carboxylic acids is 1. The van der Waals surface area contributed by atoms with E-state index in [-0.39, 0.29) is 11.8 Å². The minimum Gasteiger partial charge on any atom is -0.495 e. The van der Waals surface area contributed by atoms with Crippen molar-refractivity contribution in [1.29, 1.82) is 0 Å². The average Bonchev–Trinajstić information content (AvgIpc) is 2.26. The molecule has 0 radical (unpaired) electrons. The fraction of sp³-hybridized carbons (Fsp3) is 0.500. The molecule has 1 aromatic carbocycles. The molecule has 0 atom stereocenters. The van der Waals surface area contributed by atoms with Gasteiger partial charge in [-0.15, -0.1) is 0 Å². The summed E-state index contributed by atoms with van der Waals surface area (Å²) < 4.78 is 5.27. The molecular weight excluding hydrogens is 285 g/mol. The number of nitrogens with one attached hydrogen (secondary N) is 1. The van der Waals surface area contributed by atoms with Gasteiger partial charge < -0.3 is 10.1 Å². The highest BCUT2D eigenvalue weighted by Crippen LogP contribution is 2.32. The maximum absolute atomic E-state index is 11.7. The van der Waals surface area contributed by atoms with E-state index in [1.807, 2.05) is 6.07 Å². The Morgan fingerprint density at radius 1 is 1.42 bits per heavy atom. The van der Waals surface area contributed by atoms with Crippen LogP contribution in [-0.2, 0) is 11.2 Å². The summed E-state index contributed by atoms with van der Waals surface area (Å²) in [6.07, 6.45) is 3.84. The Labute approximate surface area is 123 Å². The van der Waals surface area contributed by atoms with Crippen LogP contribution >= 0.6 is 23.2 Å². The van der Waals surface area contributed by atoms with Gasteiger partial charge in [0.2, 0.25) is 5.91 Å². The van der Waals surface area contributed by atoms with Crippen LogP contribution in [0, 0.1) is 5.92 Å². The monoisotopic (exact) mass is 301 g/mol. The van der Waals surface area contributed by atoms with E-state index < -0.39 is 0 Å². The van der Waals surface area contributed by atoms with Crippen molar-refractivity contribution in [2.24, 2.45) is 5.92 Å². The number of hydrogen-bond donors (Lipinski definition) is 1. The van der Waals surface area contributed by atoms with Gasteiger partial charge in [0.1, 0.15) is 5.75 Å². The van der Waals surface area contributed by atoms with E-state index in [0.717, 1.165) is 24.8 Å². The topological polar surface area (TPSA) is 38.3 Å². The van der Waals surface area contributed by atoms with Crippen molar-refractivity contribution < 1.29 is 9.53 Å². The minimum absolute atomic E-state index is 0.151. The third-order valence-corrected chi connectivity index (χ3v) is 3.96. The van der Waals surface area contributed by atoms with Crippen LogP contribution < -0.4 is 10.1 Å². The predicted molar refractivity (Wildman–Crippen MR) is 77.1 cm³/mol. The molecule has 0 spiro atoms. The van der Waals surface area contributed by atoms with Crippen LogP contribution in [0.3, 0.4) is 0 Å². The third kappa shape index (κ3) is 3.54. The molecule has 0 aromatic heterocycles. The first-order chi connectivity index (χ1) is 9.11. The molecule has 1 amide bonds. The normalized spacial score (nSPS) is 14.9. The van der Waals surface area contributed by atoms with Gasteiger partial charge in [-0.1, -0.05) is 29.6 Å². The summed E-state index contributed by atoms with van der Waals surface area (Å²) in [5.74, 6) is 0.993. The molecule has 0 aliphatic heterocycles. The zero-order chi connectivity index (χ0) is 13.8.